The topological polar surface area (TPSA) is 38.0 Å². The van der Waals surface area contributed by atoms with Crippen LogP contribution in [-0.4, -0.2) is 14.9 Å². The van der Waals surface area contributed by atoms with E-state index in [1.165, 1.54) is 17.3 Å². The molecule has 0 bridgehead atoms. The van der Waals surface area contributed by atoms with Crippen molar-refractivity contribution in [3.8, 4) is 5.75 Å². The third-order valence-corrected chi connectivity index (χ3v) is 4.84. The number of phenols is 1. The van der Waals surface area contributed by atoms with E-state index in [4.69, 9.17) is 23.2 Å². The molecule has 0 atom stereocenters. The van der Waals surface area contributed by atoms with Gasteiger partial charge in [0.15, 0.2) is 0 Å². The molecule has 2 rings (SSSR count). The Morgan fingerprint density at radius 2 is 2.00 bits per heavy atom. The Morgan fingerprint density at radius 1 is 1.32 bits per heavy atom. The fourth-order valence-corrected chi connectivity index (χ4v) is 3.54. The summed E-state index contributed by atoms with van der Waals surface area (Å²) in [6.45, 7) is 4.08. The van der Waals surface area contributed by atoms with Crippen LogP contribution in [0.1, 0.15) is 18.2 Å². The highest BCUT2D eigenvalue weighted by molar-refractivity contribution is 7.99. The first-order chi connectivity index (χ1) is 8.93. The van der Waals surface area contributed by atoms with Crippen LogP contribution in [0.2, 0.25) is 10.0 Å². The number of nitrogens with zero attached hydrogens (tertiary/aromatic N) is 2. The van der Waals surface area contributed by atoms with Gasteiger partial charge in [-0.2, -0.15) is 5.10 Å². The molecule has 3 nitrogen and oxygen atoms in total. The standard InChI is InChI=1S/C13H14Cl2N2OS/c1-4-8-7(2)16-17(3)13(8)19-12-6-11(18)9(14)5-10(12)15/h5-6,18H,4H2,1-3H3. The maximum absolute atomic E-state index is 9.68. The van der Waals surface area contributed by atoms with E-state index in [9.17, 15) is 5.11 Å². The van der Waals surface area contributed by atoms with Gasteiger partial charge in [-0.25, -0.2) is 0 Å². The smallest absolute Gasteiger partial charge is 0.135 e. The zero-order valence-electron chi connectivity index (χ0n) is 10.9. The molecule has 1 heterocycles. The summed E-state index contributed by atoms with van der Waals surface area (Å²) in [5.74, 6) is 0.0329. The number of aromatic nitrogens is 2. The SMILES string of the molecule is CCc1c(C)nn(C)c1Sc1cc(O)c(Cl)cc1Cl. The lowest BCUT2D eigenvalue weighted by molar-refractivity contribution is 0.474. The molecule has 0 aliphatic rings. The van der Waals surface area contributed by atoms with Gasteiger partial charge in [0.05, 0.1) is 15.7 Å². The van der Waals surface area contributed by atoms with Gasteiger partial charge in [0.2, 0.25) is 0 Å². The van der Waals surface area contributed by atoms with Crippen LogP contribution in [0.4, 0.5) is 0 Å². The van der Waals surface area contributed by atoms with Gasteiger partial charge >= 0.3 is 0 Å². The van der Waals surface area contributed by atoms with Crippen molar-refractivity contribution in [2.24, 2.45) is 7.05 Å². The van der Waals surface area contributed by atoms with Gasteiger partial charge in [-0.05, 0) is 25.5 Å². The molecule has 1 aromatic heterocycles. The van der Waals surface area contributed by atoms with Crippen molar-refractivity contribution in [2.75, 3.05) is 0 Å². The number of hydrogen-bond acceptors (Lipinski definition) is 3. The van der Waals surface area contributed by atoms with Crippen molar-refractivity contribution < 1.29 is 5.11 Å². The highest BCUT2D eigenvalue weighted by Crippen LogP contribution is 2.40. The number of hydrogen-bond donors (Lipinski definition) is 1. The molecule has 6 heteroatoms. The minimum absolute atomic E-state index is 0.0329. The molecule has 1 aromatic carbocycles. The maximum atomic E-state index is 9.68. The normalized spacial score (nSPS) is 11.0. The molecule has 0 fully saturated rings. The zero-order valence-corrected chi connectivity index (χ0v) is 13.2. The minimum Gasteiger partial charge on any atom is -0.506 e. The van der Waals surface area contributed by atoms with Crippen LogP contribution >= 0.6 is 35.0 Å². The highest BCUT2D eigenvalue weighted by atomic mass is 35.5. The zero-order chi connectivity index (χ0) is 14.2. The third-order valence-electron chi connectivity index (χ3n) is 2.85. The van der Waals surface area contributed by atoms with E-state index in [1.807, 2.05) is 18.7 Å². The van der Waals surface area contributed by atoms with Gasteiger partial charge in [0.1, 0.15) is 10.8 Å². The summed E-state index contributed by atoms with van der Waals surface area (Å²) in [6, 6.07) is 3.13. The molecule has 2 aromatic rings. The summed E-state index contributed by atoms with van der Waals surface area (Å²) >= 11 is 13.5. The number of halogens is 2. The second-order valence-electron chi connectivity index (χ2n) is 4.18. The molecule has 1 N–H and O–H groups in total. The number of phenolic OH excluding ortho intramolecular Hbond substituents is 1. The largest absolute Gasteiger partial charge is 0.506 e. The molecule has 0 saturated carbocycles. The second-order valence-corrected chi connectivity index (χ2v) is 6.03. The Labute approximate surface area is 126 Å². The molecular formula is C13H14Cl2N2OS. The van der Waals surface area contributed by atoms with Crippen LogP contribution in [0.25, 0.3) is 0 Å². The van der Waals surface area contributed by atoms with Crippen LogP contribution in [0.5, 0.6) is 5.75 Å². The van der Waals surface area contributed by atoms with Crippen molar-refractivity contribution in [3.05, 3.63) is 33.4 Å². The lowest BCUT2D eigenvalue weighted by Crippen LogP contribution is -1.93. The van der Waals surface area contributed by atoms with Gasteiger partial charge in [0, 0.05) is 17.5 Å². The molecule has 19 heavy (non-hydrogen) atoms. The van der Waals surface area contributed by atoms with Crippen LogP contribution < -0.4 is 0 Å². The number of benzene rings is 1. The number of rotatable bonds is 3. The molecular weight excluding hydrogens is 303 g/mol. The molecule has 0 radical (unpaired) electrons. The Balaban J connectivity index is 2.44. The average Bonchev–Trinajstić information content (AvgIpc) is 2.60. The van der Waals surface area contributed by atoms with E-state index in [0.717, 1.165) is 22.0 Å². The van der Waals surface area contributed by atoms with Crippen LogP contribution in [0.3, 0.4) is 0 Å². The predicted octanol–water partition coefficient (Wildman–Crippen LogP) is 4.45. The lowest BCUT2D eigenvalue weighted by atomic mass is 10.2. The first-order valence-corrected chi connectivity index (χ1v) is 7.39. The predicted molar refractivity (Wildman–Crippen MR) is 79.6 cm³/mol. The summed E-state index contributed by atoms with van der Waals surface area (Å²) in [5, 5.41) is 15.9. The van der Waals surface area contributed by atoms with Gasteiger partial charge in [-0.15, -0.1) is 0 Å². The van der Waals surface area contributed by atoms with Crippen molar-refractivity contribution in [3.63, 3.8) is 0 Å². The molecule has 0 aliphatic heterocycles. The van der Waals surface area contributed by atoms with E-state index >= 15 is 0 Å². The lowest BCUT2D eigenvalue weighted by Gasteiger charge is -2.08. The van der Waals surface area contributed by atoms with E-state index in [2.05, 4.69) is 12.0 Å². The van der Waals surface area contributed by atoms with Gasteiger partial charge in [-0.3, -0.25) is 4.68 Å². The minimum atomic E-state index is 0.0329. The van der Waals surface area contributed by atoms with E-state index in [1.54, 1.807) is 12.1 Å². The van der Waals surface area contributed by atoms with E-state index in [0.29, 0.717) is 5.02 Å². The van der Waals surface area contributed by atoms with Crippen molar-refractivity contribution in [2.45, 2.75) is 30.2 Å². The summed E-state index contributed by atoms with van der Waals surface area (Å²) in [4.78, 5) is 0.765. The number of aromatic hydroxyl groups is 1. The molecule has 0 spiro atoms. The average molecular weight is 317 g/mol. The monoisotopic (exact) mass is 316 g/mol. The summed E-state index contributed by atoms with van der Waals surface area (Å²) in [7, 11) is 1.90. The Bertz CT molecular complexity index is 626. The molecule has 0 saturated heterocycles. The Morgan fingerprint density at radius 3 is 2.63 bits per heavy atom. The maximum Gasteiger partial charge on any atom is 0.135 e. The molecule has 0 unspecified atom stereocenters. The van der Waals surface area contributed by atoms with E-state index < -0.39 is 0 Å². The summed E-state index contributed by atoms with van der Waals surface area (Å²) in [6.07, 6.45) is 0.902. The van der Waals surface area contributed by atoms with E-state index in [-0.39, 0.29) is 10.8 Å². The second kappa shape index (κ2) is 5.65. The number of aryl methyl sites for hydroxylation is 2. The quantitative estimate of drug-likeness (QED) is 0.908. The molecule has 102 valence electrons. The van der Waals surface area contributed by atoms with Crippen molar-refractivity contribution >= 4 is 35.0 Å². The molecule has 0 amide bonds. The summed E-state index contributed by atoms with van der Waals surface area (Å²) in [5.41, 5.74) is 2.21. The first-order valence-electron chi connectivity index (χ1n) is 5.82. The fraction of sp³-hybridized carbons (Fsp3) is 0.308. The van der Waals surface area contributed by atoms with Crippen LogP contribution in [0.15, 0.2) is 22.1 Å². The van der Waals surface area contributed by atoms with Gasteiger partial charge in [0.25, 0.3) is 0 Å². The van der Waals surface area contributed by atoms with Gasteiger partial charge in [-0.1, -0.05) is 41.9 Å². The van der Waals surface area contributed by atoms with Crippen LogP contribution in [0, 0.1) is 6.92 Å². The third kappa shape index (κ3) is 2.86. The molecule has 0 aliphatic carbocycles. The fourth-order valence-electron chi connectivity index (χ4n) is 1.92. The summed E-state index contributed by atoms with van der Waals surface area (Å²) < 4.78 is 1.83. The Hall–Kier alpha value is -0.840. The van der Waals surface area contributed by atoms with Gasteiger partial charge < -0.3 is 5.11 Å². The first kappa shape index (κ1) is 14.6. The van der Waals surface area contributed by atoms with Crippen molar-refractivity contribution in [1.82, 2.24) is 9.78 Å². The highest BCUT2D eigenvalue weighted by Gasteiger charge is 2.15. The van der Waals surface area contributed by atoms with Crippen molar-refractivity contribution in [1.29, 1.82) is 0 Å². The van der Waals surface area contributed by atoms with Crippen LogP contribution in [-0.2, 0) is 13.5 Å². The Kier molecular flexibility index (Phi) is 4.33.